The summed E-state index contributed by atoms with van der Waals surface area (Å²) in [7, 11) is 0. The molecule has 0 saturated heterocycles. The fourth-order valence-corrected chi connectivity index (χ4v) is 0.941. The van der Waals surface area contributed by atoms with E-state index in [2.05, 4.69) is 4.98 Å². The molecule has 1 aromatic rings. The lowest BCUT2D eigenvalue weighted by molar-refractivity contribution is 0.237. The largest absolute Gasteiger partial charge is 0.394 e. The average molecular weight is 140 g/mol. The Labute approximate surface area is 60.3 Å². The van der Waals surface area contributed by atoms with Crippen LogP contribution in [0.5, 0.6) is 0 Å². The van der Waals surface area contributed by atoms with E-state index in [1.165, 1.54) is 0 Å². The molecule has 1 aromatic heterocycles. The molecular formula is C7H12N2O. The van der Waals surface area contributed by atoms with Gasteiger partial charge in [0.25, 0.3) is 0 Å². The molecule has 0 aliphatic carbocycles. The summed E-state index contributed by atoms with van der Waals surface area (Å²) in [4.78, 5) is 4.04. The van der Waals surface area contributed by atoms with Crippen molar-refractivity contribution in [3.8, 4) is 0 Å². The number of nitrogens with zero attached hydrogens (tertiary/aromatic N) is 2. The van der Waals surface area contributed by atoms with E-state index in [0.717, 1.165) is 5.82 Å². The number of aliphatic hydroxyl groups excluding tert-OH is 1. The summed E-state index contributed by atoms with van der Waals surface area (Å²) < 4.78 is 1.94. The first-order valence-corrected chi connectivity index (χ1v) is 3.36. The highest BCUT2D eigenvalue weighted by Gasteiger charge is 2.03. The maximum Gasteiger partial charge on any atom is 0.105 e. The molecule has 0 saturated carbocycles. The second kappa shape index (κ2) is 2.84. The van der Waals surface area contributed by atoms with Gasteiger partial charge in [0.1, 0.15) is 5.82 Å². The van der Waals surface area contributed by atoms with Crippen molar-refractivity contribution in [2.75, 3.05) is 6.61 Å². The van der Waals surface area contributed by atoms with E-state index in [-0.39, 0.29) is 12.6 Å². The summed E-state index contributed by atoms with van der Waals surface area (Å²) in [6.45, 7) is 4.04. The minimum absolute atomic E-state index is 0.141. The molecule has 3 heteroatoms. The van der Waals surface area contributed by atoms with Crippen LogP contribution in [0.2, 0.25) is 0 Å². The maximum absolute atomic E-state index is 8.78. The maximum atomic E-state index is 8.78. The predicted molar refractivity (Wildman–Crippen MR) is 38.8 cm³/mol. The van der Waals surface area contributed by atoms with Crippen LogP contribution in [0, 0.1) is 6.92 Å². The van der Waals surface area contributed by atoms with Crippen LogP contribution in [0.3, 0.4) is 0 Å². The quantitative estimate of drug-likeness (QED) is 0.658. The third-order valence-electron chi connectivity index (χ3n) is 1.60. The molecule has 1 rings (SSSR count). The Morgan fingerprint density at radius 1 is 1.80 bits per heavy atom. The Morgan fingerprint density at radius 2 is 2.50 bits per heavy atom. The van der Waals surface area contributed by atoms with E-state index in [9.17, 15) is 0 Å². The zero-order valence-electron chi connectivity index (χ0n) is 6.28. The van der Waals surface area contributed by atoms with E-state index in [1.807, 2.05) is 24.6 Å². The van der Waals surface area contributed by atoms with Gasteiger partial charge in [-0.3, -0.25) is 0 Å². The molecule has 0 amide bonds. The van der Waals surface area contributed by atoms with Crippen LogP contribution in [0.4, 0.5) is 0 Å². The van der Waals surface area contributed by atoms with Gasteiger partial charge in [0, 0.05) is 12.4 Å². The van der Waals surface area contributed by atoms with Gasteiger partial charge in [-0.15, -0.1) is 0 Å². The third kappa shape index (κ3) is 1.19. The van der Waals surface area contributed by atoms with Crippen molar-refractivity contribution in [2.45, 2.75) is 19.9 Å². The van der Waals surface area contributed by atoms with Gasteiger partial charge in [-0.25, -0.2) is 4.98 Å². The lowest BCUT2D eigenvalue weighted by Crippen LogP contribution is -2.09. The molecule has 0 fully saturated rings. The first kappa shape index (κ1) is 7.28. The summed E-state index contributed by atoms with van der Waals surface area (Å²) in [5.74, 6) is 0.946. The van der Waals surface area contributed by atoms with Gasteiger partial charge >= 0.3 is 0 Å². The van der Waals surface area contributed by atoms with Gasteiger partial charge in [-0.05, 0) is 13.8 Å². The van der Waals surface area contributed by atoms with Crippen molar-refractivity contribution in [3.05, 3.63) is 18.2 Å². The van der Waals surface area contributed by atoms with Crippen LogP contribution in [0.1, 0.15) is 18.8 Å². The Bertz CT molecular complexity index is 207. The normalized spacial score (nSPS) is 13.5. The van der Waals surface area contributed by atoms with Gasteiger partial charge in [-0.2, -0.15) is 0 Å². The average Bonchev–Trinajstić information content (AvgIpc) is 2.34. The van der Waals surface area contributed by atoms with E-state index in [1.54, 1.807) is 6.20 Å². The summed E-state index contributed by atoms with van der Waals surface area (Å²) >= 11 is 0. The summed E-state index contributed by atoms with van der Waals surface area (Å²) in [5.41, 5.74) is 0. The number of aromatic nitrogens is 2. The van der Waals surface area contributed by atoms with Crippen molar-refractivity contribution < 1.29 is 5.11 Å². The summed E-state index contributed by atoms with van der Waals surface area (Å²) in [6.07, 6.45) is 3.61. The topological polar surface area (TPSA) is 38.0 Å². The number of rotatable bonds is 2. The second-order valence-electron chi connectivity index (χ2n) is 2.41. The van der Waals surface area contributed by atoms with E-state index < -0.39 is 0 Å². The fraction of sp³-hybridized carbons (Fsp3) is 0.571. The molecule has 0 aliphatic heterocycles. The van der Waals surface area contributed by atoms with E-state index >= 15 is 0 Å². The number of aliphatic hydroxyl groups is 1. The Kier molecular flexibility index (Phi) is 2.06. The number of aryl methyl sites for hydroxylation is 1. The lowest BCUT2D eigenvalue weighted by Gasteiger charge is -2.10. The highest BCUT2D eigenvalue weighted by Crippen LogP contribution is 2.05. The molecule has 0 aromatic carbocycles. The smallest absolute Gasteiger partial charge is 0.105 e. The summed E-state index contributed by atoms with van der Waals surface area (Å²) in [6, 6.07) is 0.141. The molecule has 0 radical (unpaired) electrons. The van der Waals surface area contributed by atoms with Crippen LogP contribution in [0.15, 0.2) is 12.4 Å². The predicted octanol–water partition coefficient (Wildman–Crippen LogP) is 0.745. The Balaban J connectivity index is 2.82. The molecule has 0 spiro atoms. The molecule has 10 heavy (non-hydrogen) atoms. The molecule has 1 heterocycles. The van der Waals surface area contributed by atoms with Gasteiger partial charge in [0.15, 0.2) is 0 Å². The first-order chi connectivity index (χ1) is 4.75. The Morgan fingerprint density at radius 3 is 2.90 bits per heavy atom. The van der Waals surface area contributed by atoms with Crippen LogP contribution in [-0.4, -0.2) is 21.3 Å². The lowest BCUT2D eigenvalue weighted by atomic mass is 10.3. The fourth-order valence-electron chi connectivity index (χ4n) is 0.941. The number of imidazole rings is 1. The molecular weight excluding hydrogens is 128 g/mol. The third-order valence-corrected chi connectivity index (χ3v) is 1.60. The van der Waals surface area contributed by atoms with Gasteiger partial charge in [0.05, 0.1) is 12.6 Å². The Hall–Kier alpha value is -0.830. The standard InChI is InChI=1S/C7H12N2O/c1-6(5-10)9-4-3-8-7(9)2/h3-4,6,10H,5H2,1-2H3/t6-/m1/s1. The minimum atomic E-state index is 0.141. The van der Waals surface area contributed by atoms with E-state index in [0.29, 0.717) is 0 Å². The molecule has 1 atom stereocenters. The van der Waals surface area contributed by atoms with Crippen LogP contribution >= 0.6 is 0 Å². The van der Waals surface area contributed by atoms with Gasteiger partial charge in [-0.1, -0.05) is 0 Å². The van der Waals surface area contributed by atoms with Gasteiger partial charge < -0.3 is 9.67 Å². The highest BCUT2D eigenvalue weighted by atomic mass is 16.3. The van der Waals surface area contributed by atoms with Crippen molar-refractivity contribution in [3.63, 3.8) is 0 Å². The number of hydrogen-bond acceptors (Lipinski definition) is 2. The van der Waals surface area contributed by atoms with Crippen LogP contribution < -0.4 is 0 Å². The van der Waals surface area contributed by atoms with Crippen LogP contribution in [0.25, 0.3) is 0 Å². The van der Waals surface area contributed by atoms with Crippen molar-refractivity contribution >= 4 is 0 Å². The zero-order chi connectivity index (χ0) is 7.56. The molecule has 0 aliphatic rings. The van der Waals surface area contributed by atoms with Crippen LogP contribution in [-0.2, 0) is 0 Å². The van der Waals surface area contributed by atoms with Crippen molar-refractivity contribution in [1.82, 2.24) is 9.55 Å². The summed E-state index contributed by atoms with van der Waals surface area (Å²) in [5, 5.41) is 8.78. The van der Waals surface area contributed by atoms with Gasteiger partial charge in [0.2, 0.25) is 0 Å². The monoisotopic (exact) mass is 140 g/mol. The van der Waals surface area contributed by atoms with Crippen molar-refractivity contribution in [2.24, 2.45) is 0 Å². The van der Waals surface area contributed by atoms with E-state index in [4.69, 9.17) is 5.11 Å². The second-order valence-corrected chi connectivity index (χ2v) is 2.41. The molecule has 3 nitrogen and oxygen atoms in total. The first-order valence-electron chi connectivity index (χ1n) is 3.36. The minimum Gasteiger partial charge on any atom is -0.394 e. The molecule has 0 unspecified atom stereocenters. The number of hydrogen-bond donors (Lipinski definition) is 1. The van der Waals surface area contributed by atoms with Crippen molar-refractivity contribution in [1.29, 1.82) is 0 Å². The SMILES string of the molecule is Cc1nccn1[C@H](C)CO. The molecule has 56 valence electrons. The highest BCUT2D eigenvalue weighted by molar-refractivity contribution is 4.90. The molecule has 1 N–H and O–H groups in total. The zero-order valence-corrected chi connectivity index (χ0v) is 6.28. The molecule has 0 bridgehead atoms.